The molecule has 170 valence electrons. The van der Waals surface area contributed by atoms with E-state index < -0.39 is 5.97 Å². The second kappa shape index (κ2) is 13.7. The van der Waals surface area contributed by atoms with Crippen molar-refractivity contribution in [2.45, 2.75) is 70.5 Å². The Labute approximate surface area is 183 Å². The van der Waals surface area contributed by atoms with E-state index in [0.717, 1.165) is 44.3 Å². The van der Waals surface area contributed by atoms with Crippen LogP contribution in [-0.2, 0) is 19.1 Å². The highest BCUT2D eigenvalue weighted by atomic mass is 32.2. The molecule has 8 heteroatoms. The third-order valence-corrected chi connectivity index (χ3v) is 6.83. The van der Waals surface area contributed by atoms with Crippen LogP contribution in [0, 0.1) is 11.8 Å². The minimum Gasteiger partial charge on any atom is -0.481 e. The lowest BCUT2D eigenvalue weighted by atomic mass is 9.77. The molecule has 0 spiro atoms. The molecular formula is C22H36N2O5S. The van der Waals surface area contributed by atoms with Gasteiger partial charge >= 0.3 is 5.97 Å². The summed E-state index contributed by atoms with van der Waals surface area (Å²) in [6.45, 7) is 2.71. The molecule has 0 aliphatic carbocycles. The van der Waals surface area contributed by atoms with Gasteiger partial charge in [0.25, 0.3) is 0 Å². The summed E-state index contributed by atoms with van der Waals surface area (Å²) in [5.41, 5.74) is 0. The van der Waals surface area contributed by atoms with Crippen molar-refractivity contribution in [2.75, 3.05) is 24.6 Å². The van der Waals surface area contributed by atoms with E-state index in [4.69, 9.17) is 9.84 Å². The second-order valence-corrected chi connectivity index (χ2v) is 9.20. The van der Waals surface area contributed by atoms with Crippen molar-refractivity contribution in [1.82, 2.24) is 10.6 Å². The number of hydrogen-bond acceptors (Lipinski definition) is 5. The van der Waals surface area contributed by atoms with E-state index in [0.29, 0.717) is 24.6 Å². The third-order valence-electron chi connectivity index (χ3n) is 5.78. The quantitative estimate of drug-likeness (QED) is 0.267. The van der Waals surface area contributed by atoms with Crippen molar-refractivity contribution < 1.29 is 24.2 Å². The second-order valence-electron chi connectivity index (χ2n) is 8.10. The summed E-state index contributed by atoms with van der Waals surface area (Å²) in [5.74, 6) is 1.02. The van der Waals surface area contributed by atoms with Crippen molar-refractivity contribution in [3.63, 3.8) is 0 Å². The van der Waals surface area contributed by atoms with Gasteiger partial charge in [0, 0.05) is 18.9 Å². The SMILES string of the molecule is CCCCSCC(=O)NCC(=O)NC[C@@H]1[C@H](C/C=C\CCCC(=O)O)[C@@H]2CC[C@H]1O2. The van der Waals surface area contributed by atoms with Gasteiger partial charge in [-0.25, -0.2) is 0 Å². The van der Waals surface area contributed by atoms with Crippen molar-refractivity contribution >= 4 is 29.5 Å². The zero-order valence-corrected chi connectivity index (χ0v) is 18.8. The number of rotatable bonds is 15. The lowest BCUT2D eigenvalue weighted by Gasteiger charge is -2.27. The van der Waals surface area contributed by atoms with Crippen LogP contribution in [0.1, 0.15) is 58.3 Å². The fourth-order valence-corrected chi connectivity index (χ4v) is 5.08. The fraction of sp³-hybridized carbons (Fsp3) is 0.773. The molecule has 0 radical (unpaired) electrons. The van der Waals surface area contributed by atoms with Gasteiger partial charge in [-0.05, 0) is 50.2 Å². The van der Waals surface area contributed by atoms with Gasteiger partial charge in [0.05, 0.1) is 24.5 Å². The highest BCUT2D eigenvalue weighted by molar-refractivity contribution is 7.99. The van der Waals surface area contributed by atoms with Gasteiger partial charge in [0.2, 0.25) is 11.8 Å². The normalized spacial score (nSPS) is 25.0. The monoisotopic (exact) mass is 440 g/mol. The zero-order valence-electron chi connectivity index (χ0n) is 17.9. The molecule has 7 nitrogen and oxygen atoms in total. The first-order chi connectivity index (χ1) is 14.5. The Bertz CT molecular complexity index is 598. The molecule has 2 aliphatic rings. The smallest absolute Gasteiger partial charge is 0.303 e. The van der Waals surface area contributed by atoms with Crippen LogP contribution in [0.2, 0.25) is 0 Å². The number of thioether (sulfide) groups is 1. The Morgan fingerprint density at radius 2 is 1.83 bits per heavy atom. The van der Waals surface area contributed by atoms with E-state index in [1.807, 2.05) is 0 Å². The lowest BCUT2D eigenvalue weighted by Crippen LogP contribution is -2.42. The summed E-state index contributed by atoms with van der Waals surface area (Å²) in [6, 6.07) is 0. The molecule has 3 N–H and O–H groups in total. The number of amides is 2. The number of aliphatic carboxylic acids is 1. The van der Waals surface area contributed by atoms with Gasteiger partial charge in [0.1, 0.15) is 0 Å². The third kappa shape index (κ3) is 8.68. The predicted octanol–water partition coefficient (Wildman–Crippen LogP) is 2.75. The van der Waals surface area contributed by atoms with Gasteiger partial charge < -0.3 is 20.5 Å². The van der Waals surface area contributed by atoms with Crippen LogP contribution in [0.25, 0.3) is 0 Å². The minimum atomic E-state index is -0.757. The molecule has 0 aromatic heterocycles. The average molecular weight is 441 g/mol. The number of unbranched alkanes of at least 4 members (excludes halogenated alkanes) is 2. The standard InChI is InChI=1S/C22H36N2O5S/c1-2-3-12-30-15-21(26)24-14-20(25)23-13-17-16(18-10-11-19(17)29-18)8-6-4-5-7-9-22(27)28/h4,6,16-19H,2-3,5,7-15H2,1H3,(H,23,25)(H,24,26)(H,27,28)/b6-4-/t16-,17+,18-,19+/m0/s1. The van der Waals surface area contributed by atoms with Gasteiger partial charge in [-0.15, -0.1) is 0 Å². The Hall–Kier alpha value is -1.54. The van der Waals surface area contributed by atoms with E-state index >= 15 is 0 Å². The molecule has 0 aromatic carbocycles. The molecule has 2 heterocycles. The number of hydrogen-bond donors (Lipinski definition) is 3. The summed E-state index contributed by atoms with van der Waals surface area (Å²) in [4.78, 5) is 34.5. The summed E-state index contributed by atoms with van der Waals surface area (Å²) in [5, 5.41) is 14.3. The van der Waals surface area contributed by atoms with E-state index in [1.54, 1.807) is 11.8 Å². The summed E-state index contributed by atoms with van der Waals surface area (Å²) in [6.07, 6.45) is 11.5. The minimum absolute atomic E-state index is 0.0169. The van der Waals surface area contributed by atoms with E-state index in [-0.39, 0.29) is 42.9 Å². The highest BCUT2D eigenvalue weighted by Crippen LogP contribution is 2.44. The largest absolute Gasteiger partial charge is 0.481 e. The molecule has 0 unspecified atom stereocenters. The zero-order chi connectivity index (χ0) is 21.8. The molecule has 2 bridgehead atoms. The Kier molecular flexibility index (Phi) is 11.3. The average Bonchev–Trinajstić information content (AvgIpc) is 3.32. The fourth-order valence-electron chi connectivity index (χ4n) is 4.16. The first kappa shape index (κ1) is 24.7. The molecule has 2 rings (SSSR count). The van der Waals surface area contributed by atoms with Crippen molar-refractivity contribution in [3.05, 3.63) is 12.2 Å². The van der Waals surface area contributed by atoms with Gasteiger partial charge in [-0.3, -0.25) is 14.4 Å². The first-order valence-corrected chi connectivity index (χ1v) is 12.3. The molecular weight excluding hydrogens is 404 g/mol. The molecule has 4 atom stereocenters. The molecule has 2 fully saturated rings. The molecule has 2 aliphatic heterocycles. The maximum absolute atomic E-state index is 12.1. The number of carboxylic acid groups (broad SMARTS) is 1. The number of ether oxygens (including phenoxy) is 1. The topological polar surface area (TPSA) is 105 Å². The van der Waals surface area contributed by atoms with Gasteiger partial charge in [-0.2, -0.15) is 11.8 Å². The molecule has 0 aromatic rings. The summed E-state index contributed by atoms with van der Waals surface area (Å²) < 4.78 is 6.07. The first-order valence-electron chi connectivity index (χ1n) is 11.1. The van der Waals surface area contributed by atoms with Crippen LogP contribution in [0.3, 0.4) is 0 Å². The van der Waals surface area contributed by atoms with Crippen molar-refractivity contribution in [2.24, 2.45) is 11.8 Å². The number of carboxylic acids is 1. The predicted molar refractivity (Wildman–Crippen MR) is 118 cm³/mol. The summed E-state index contributed by atoms with van der Waals surface area (Å²) in [7, 11) is 0. The summed E-state index contributed by atoms with van der Waals surface area (Å²) >= 11 is 1.60. The van der Waals surface area contributed by atoms with Gasteiger partial charge in [0.15, 0.2) is 0 Å². The number of allylic oxidation sites excluding steroid dienone is 2. The van der Waals surface area contributed by atoms with E-state index in [9.17, 15) is 14.4 Å². The van der Waals surface area contributed by atoms with Gasteiger partial charge in [-0.1, -0.05) is 25.5 Å². The van der Waals surface area contributed by atoms with E-state index in [1.165, 1.54) is 0 Å². The number of fused-ring (bicyclic) bond motifs is 2. The van der Waals surface area contributed by atoms with Crippen LogP contribution in [0.5, 0.6) is 0 Å². The van der Waals surface area contributed by atoms with Crippen LogP contribution in [0.4, 0.5) is 0 Å². The van der Waals surface area contributed by atoms with E-state index in [2.05, 4.69) is 29.7 Å². The maximum atomic E-state index is 12.1. The number of carbonyl (C=O) groups excluding carboxylic acids is 2. The lowest BCUT2D eigenvalue weighted by molar-refractivity contribution is -0.137. The van der Waals surface area contributed by atoms with Crippen molar-refractivity contribution in [3.8, 4) is 0 Å². The number of nitrogens with one attached hydrogen (secondary N) is 2. The highest BCUT2D eigenvalue weighted by Gasteiger charge is 2.47. The van der Waals surface area contributed by atoms with Crippen LogP contribution < -0.4 is 10.6 Å². The van der Waals surface area contributed by atoms with Crippen LogP contribution in [-0.4, -0.2) is 59.7 Å². The molecule has 0 saturated carbocycles. The molecule has 2 saturated heterocycles. The maximum Gasteiger partial charge on any atom is 0.303 e. The van der Waals surface area contributed by atoms with Crippen LogP contribution in [0.15, 0.2) is 12.2 Å². The number of carbonyl (C=O) groups is 3. The Morgan fingerprint density at radius 3 is 2.57 bits per heavy atom. The van der Waals surface area contributed by atoms with Crippen LogP contribution >= 0.6 is 11.8 Å². The Morgan fingerprint density at radius 1 is 1.07 bits per heavy atom. The molecule has 30 heavy (non-hydrogen) atoms. The molecule has 2 amide bonds. The van der Waals surface area contributed by atoms with Crippen molar-refractivity contribution in [1.29, 1.82) is 0 Å². The Balaban J connectivity index is 1.66.